The molecule has 2 saturated carbocycles. The van der Waals surface area contributed by atoms with Crippen molar-refractivity contribution in [2.24, 2.45) is 5.92 Å². The summed E-state index contributed by atoms with van der Waals surface area (Å²) in [5.74, 6) is 0.356. The van der Waals surface area contributed by atoms with Crippen LogP contribution in [0.1, 0.15) is 89.5 Å². The highest BCUT2D eigenvalue weighted by Crippen LogP contribution is 2.30. The summed E-state index contributed by atoms with van der Waals surface area (Å²) in [5, 5.41) is 6.23. The van der Waals surface area contributed by atoms with Gasteiger partial charge in [0.05, 0.1) is 6.04 Å². The standard InChI is InChI=1S/C31H50N4O2/c1-24(32-2)30(36)33-29(26-15-8-4-9-16-26)31(37)35-21-12-19-28(35)23-34(27-17-10-5-11-18-27)22-20-25-13-6-3-7-14-25/h3,6-7,13-14,24,26-29,32H,4-5,8-12,15-23H2,1-2H3,(H,33,36). The maximum atomic E-state index is 14.1. The van der Waals surface area contributed by atoms with Crippen LogP contribution in [-0.4, -0.2) is 72.5 Å². The molecule has 0 bridgehead atoms. The first-order valence-corrected chi connectivity index (χ1v) is 15.1. The first-order valence-electron chi connectivity index (χ1n) is 15.1. The number of rotatable bonds is 11. The van der Waals surface area contributed by atoms with Crippen LogP contribution in [0.2, 0.25) is 0 Å². The lowest BCUT2D eigenvalue weighted by atomic mass is 9.83. The quantitative estimate of drug-likeness (QED) is 0.459. The number of benzene rings is 1. The Labute approximate surface area is 224 Å². The van der Waals surface area contributed by atoms with E-state index in [9.17, 15) is 9.59 Å². The monoisotopic (exact) mass is 510 g/mol. The van der Waals surface area contributed by atoms with Crippen molar-refractivity contribution >= 4 is 11.8 Å². The van der Waals surface area contributed by atoms with Gasteiger partial charge in [0.15, 0.2) is 0 Å². The molecule has 6 heteroatoms. The predicted molar refractivity (Wildman–Crippen MR) is 150 cm³/mol. The average molecular weight is 511 g/mol. The van der Waals surface area contributed by atoms with Gasteiger partial charge in [-0.05, 0) is 70.4 Å². The minimum atomic E-state index is -0.392. The highest BCUT2D eigenvalue weighted by atomic mass is 16.2. The van der Waals surface area contributed by atoms with E-state index in [2.05, 4.69) is 50.8 Å². The summed E-state index contributed by atoms with van der Waals surface area (Å²) in [6.07, 6.45) is 15.4. The van der Waals surface area contributed by atoms with Gasteiger partial charge >= 0.3 is 0 Å². The average Bonchev–Trinajstić information content (AvgIpc) is 3.42. The van der Waals surface area contributed by atoms with Crippen LogP contribution in [0.15, 0.2) is 30.3 Å². The molecule has 2 amide bonds. The normalized spacial score (nSPS) is 23.2. The molecule has 1 aliphatic heterocycles. The maximum absolute atomic E-state index is 14.1. The molecule has 0 aromatic heterocycles. The van der Waals surface area contributed by atoms with Crippen LogP contribution in [0.5, 0.6) is 0 Å². The molecular weight excluding hydrogens is 460 g/mol. The van der Waals surface area contributed by atoms with Crippen molar-refractivity contribution < 1.29 is 9.59 Å². The molecule has 37 heavy (non-hydrogen) atoms. The van der Waals surface area contributed by atoms with Gasteiger partial charge in [-0.15, -0.1) is 0 Å². The van der Waals surface area contributed by atoms with Crippen molar-refractivity contribution in [3.8, 4) is 0 Å². The van der Waals surface area contributed by atoms with Crippen LogP contribution >= 0.6 is 0 Å². The number of amides is 2. The van der Waals surface area contributed by atoms with Crippen LogP contribution in [0.25, 0.3) is 0 Å². The third-order valence-corrected chi connectivity index (χ3v) is 9.24. The third kappa shape index (κ3) is 7.79. The first kappa shape index (κ1) is 28.1. The fourth-order valence-corrected chi connectivity index (χ4v) is 6.81. The maximum Gasteiger partial charge on any atom is 0.245 e. The van der Waals surface area contributed by atoms with E-state index in [0.717, 1.165) is 64.6 Å². The van der Waals surface area contributed by atoms with Gasteiger partial charge in [0.25, 0.3) is 0 Å². The summed E-state index contributed by atoms with van der Waals surface area (Å²) in [6, 6.07) is 11.0. The zero-order chi connectivity index (χ0) is 26.0. The molecule has 1 aromatic carbocycles. The molecule has 1 saturated heterocycles. The van der Waals surface area contributed by atoms with E-state index in [-0.39, 0.29) is 29.8 Å². The van der Waals surface area contributed by atoms with Gasteiger partial charge in [-0.2, -0.15) is 0 Å². The van der Waals surface area contributed by atoms with E-state index in [1.165, 1.54) is 44.1 Å². The lowest BCUT2D eigenvalue weighted by molar-refractivity contribution is -0.140. The Bertz CT molecular complexity index is 835. The van der Waals surface area contributed by atoms with Gasteiger partial charge < -0.3 is 15.5 Å². The SMILES string of the molecule is CNC(C)C(=O)NC(C(=O)N1CCCC1CN(CCc1ccccc1)C1CCCCC1)C1CCCCC1. The Kier molecular flexibility index (Phi) is 10.9. The molecular formula is C31H50N4O2. The zero-order valence-electron chi connectivity index (χ0n) is 23.3. The number of likely N-dealkylation sites (N-methyl/N-ethyl adjacent to an activating group) is 1. The highest BCUT2D eigenvalue weighted by Gasteiger charge is 2.39. The minimum absolute atomic E-state index is 0.0612. The number of nitrogens with zero attached hydrogens (tertiary/aromatic N) is 2. The second-order valence-corrected chi connectivity index (χ2v) is 11.7. The zero-order valence-corrected chi connectivity index (χ0v) is 23.3. The molecule has 2 N–H and O–H groups in total. The molecule has 0 radical (unpaired) electrons. The highest BCUT2D eigenvalue weighted by molar-refractivity contribution is 5.90. The van der Waals surface area contributed by atoms with Gasteiger partial charge in [-0.1, -0.05) is 68.9 Å². The molecule has 1 heterocycles. The van der Waals surface area contributed by atoms with E-state index < -0.39 is 6.04 Å². The Balaban J connectivity index is 1.46. The van der Waals surface area contributed by atoms with Crippen molar-refractivity contribution in [3.63, 3.8) is 0 Å². The summed E-state index contributed by atoms with van der Waals surface area (Å²) in [5.41, 5.74) is 1.39. The Morgan fingerprint density at radius 3 is 2.30 bits per heavy atom. The first-order chi connectivity index (χ1) is 18.1. The Hall–Kier alpha value is -1.92. The lowest BCUT2D eigenvalue weighted by Crippen LogP contribution is -2.57. The number of carbonyl (C=O) groups excluding carboxylic acids is 2. The van der Waals surface area contributed by atoms with Crippen molar-refractivity contribution in [3.05, 3.63) is 35.9 Å². The molecule has 4 rings (SSSR count). The van der Waals surface area contributed by atoms with Gasteiger partial charge in [-0.25, -0.2) is 0 Å². The molecule has 6 nitrogen and oxygen atoms in total. The fraction of sp³-hybridized carbons (Fsp3) is 0.742. The van der Waals surface area contributed by atoms with Gasteiger partial charge in [0, 0.05) is 31.7 Å². The summed E-state index contributed by atoms with van der Waals surface area (Å²) < 4.78 is 0. The minimum Gasteiger partial charge on any atom is -0.343 e. The third-order valence-electron chi connectivity index (χ3n) is 9.24. The van der Waals surface area contributed by atoms with Gasteiger partial charge in [0.2, 0.25) is 11.8 Å². The molecule has 3 aliphatic rings. The number of hydrogen-bond acceptors (Lipinski definition) is 4. The van der Waals surface area contributed by atoms with E-state index in [0.29, 0.717) is 6.04 Å². The lowest BCUT2D eigenvalue weighted by Gasteiger charge is -2.40. The fourth-order valence-electron chi connectivity index (χ4n) is 6.81. The number of hydrogen-bond donors (Lipinski definition) is 2. The van der Waals surface area contributed by atoms with Crippen molar-refractivity contribution in [1.29, 1.82) is 0 Å². The second kappa shape index (κ2) is 14.3. The molecule has 3 atom stereocenters. The Morgan fingerprint density at radius 2 is 1.62 bits per heavy atom. The second-order valence-electron chi connectivity index (χ2n) is 11.7. The summed E-state index contributed by atoms with van der Waals surface area (Å²) in [6.45, 7) is 4.70. The summed E-state index contributed by atoms with van der Waals surface area (Å²) in [7, 11) is 1.80. The molecule has 0 spiro atoms. The van der Waals surface area contributed by atoms with Crippen molar-refractivity contribution in [2.45, 2.75) is 115 Å². The number of carbonyl (C=O) groups is 2. The van der Waals surface area contributed by atoms with E-state index in [1.54, 1.807) is 7.05 Å². The summed E-state index contributed by atoms with van der Waals surface area (Å²) >= 11 is 0. The van der Waals surface area contributed by atoms with E-state index in [4.69, 9.17) is 0 Å². The number of nitrogens with one attached hydrogen (secondary N) is 2. The topological polar surface area (TPSA) is 64.7 Å². The van der Waals surface area contributed by atoms with Crippen LogP contribution < -0.4 is 10.6 Å². The van der Waals surface area contributed by atoms with Crippen LogP contribution in [0.4, 0.5) is 0 Å². The van der Waals surface area contributed by atoms with E-state index >= 15 is 0 Å². The summed E-state index contributed by atoms with van der Waals surface area (Å²) in [4.78, 5) is 31.9. The smallest absolute Gasteiger partial charge is 0.245 e. The predicted octanol–water partition coefficient (Wildman–Crippen LogP) is 4.53. The van der Waals surface area contributed by atoms with Crippen molar-refractivity contribution in [1.82, 2.24) is 20.4 Å². The molecule has 3 unspecified atom stereocenters. The molecule has 3 fully saturated rings. The van der Waals surface area contributed by atoms with Crippen LogP contribution in [0.3, 0.4) is 0 Å². The molecule has 2 aliphatic carbocycles. The van der Waals surface area contributed by atoms with E-state index in [1.807, 2.05) is 6.92 Å². The van der Waals surface area contributed by atoms with Crippen LogP contribution in [-0.2, 0) is 16.0 Å². The van der Waals surface area contributed by atoms with Gasteiger partial charge in [-0.3, -0.25) is 14.5 Å². The molecule has 206 valence electrons. The largest absolute Gasteiger partial charge is 0.343 e. The van der Waals surface area contributed by atoms with Gasteiger partial charge in [0.1, 0.15) is 6.04 Å². The van der Waals surface area contributed by atoms with Crippen molar-refractivity contribution in [2.75, 3.05) is 26.7 Å². The van der Waals surface area contributed by atoms with Crippen LogP contribution in [0, 0.1) is 5.92 Å². The number of likely N-dealkylation sites (tertiary alicyclic amines) is 1. The Morgan fingerprint density at radius 1 is 0.946 bits per heavy atom. The molecule has 1 aromatic rings.